The molecule has 0 atom stereocenters. The first kappa shape index (κ1) is 39.7. The second-order valence-corrected chi connectivity index (χ2v) is 18.9. The smallest absolute Gasteiger partial charge is 0.391 e. The summed E-state index contributed by atoms with van der Waals surface area (Å²) in [5.74, 6) is 0. The van der Waals surface area contributed by atoms with E-state index in [9.17, 15) is 0 Å². The minimum atomic E-state index is -3.23. The number of fused-ring (bicyclic) bond motifs is 2. The van der Waals surface area contributed by atoms with Gasteiger partial charge in [-0.2, -0.15) is 0 Å². The van der Waals surface area contributed by atoms with Gasteiger partial charge < -0.3 is 18.7 Å². The van der Waals surface area contributed by atoms with Crippen molar-refractivity contribution < 1.29 is 8.85 Å². The molecule has 0 aliphatic carbocycles. The molecule has 4 nitrogen and oxygen atoms in total. The summed E-state index contributed by atoms with van der Waals surface area (Å²) in [6.45, 7) is 8.93. The van der Waals surface area contributed by atoms with E-state index in [2.05, 4.69) is 232 Å². The standard InChI is InChI=1S/C56H50N2O2Si/c1-39-35-47(57(43-21-11-7-12-22-43)44-23-13-8-14-24-44)36-40(2)55(39)51-29-19-31-53-49(51)33-34-50-52(30-20-32-54(50)61(53,59-5)60-6)56-41(3)37-48(38-42(56)4)58(45-25-15-9-16-26-45)46-27-17-10-18-28-46/h7-38H,1-6H3. The zero-order valence-corrected chi connectivity index (χ0v) is 36.7. The number of hydrogen-bond acceptors (Lipinski definition) is 4. The van der Waals surface area contributed by atoms with Crippen molar-refractivity contribution in [3.63, 3.8) is 0 Å². The monoisotopic (exact) mass is 810 g/mol. The van der Waals surface area contributed by atoms with Crippen molar-refractivity contribution in [3.8, 4) is 22.3 Å². The van der Waals surface area contributed by atoms with Gasteiger partial charge in [-0.25, -0.2) is 0 Å². The predicted molar refractivity (Wildman–Crippen MR) is 260 cm³/mol. The highest BCUT2D eigenvalue weighted by molar-refractivity contribution is 6.94. The molecule has 0 saturated heterocycles. The van der Waals surface area contributed by atoms with Gasteiger partial charge in [-0.15, -0.1) is 0 Å². The van der Waals surface area contributed by atoms with Crippen LogP contribution in [0.2, 0.25) is 0 Å². The van der Waals surface area contributed by atoms with Gasteiger partial charge in [0.1, 0.15) is 0 Å². The molecular weight excluding hydrogens is 761 g/mol. The van der Waals surface area contributed by atoms with E-state index in [1.165, 1.54) is 44.5 Å². The number of benzene rings is 8. The maximum atomic E-state index is 6.72. The summed E-state index contributed by atoms with van der Waals surface area (Å²) in [7, 11) is 0.394. The molecule has 0 aromatic heterocycles. The van der Waals surface area contributed by atoms with Crippen LogP contribution in [0.25, 0.3) is 34.4 Å². The third kappa shape index (κ3) is 7.11. The topological polar surface area (TPSA) is 24.9 Å². The molecule has 9 rings (SSSR count). The third-order valence-corrected chi connectivity index (χ3v) is 15.5. The van der Waals surface area contributed by atoms with Crippen LogP contribution in [0.1, 0.15) is 33.4 Å². The summed E-state index contributed by atoms with van der Waals surface area (Å²) in [5.41, 5.74) is 18.5. The van der Waals surface area contributed by atoms with Crippen LogP contribution >= 0.6 is 0 Å². The van der Waals surface area contributed by atoms with Crippen LogP contribution in [-0.4, -0.2) is 22.8 Å². The summed E-state index contributed by atoms with van der Waals surface area (Å²) >= 11 is 0. The Bertz CT molecular complexity index is 2550. The fourth-order valence-corrected chi connectivity index (χ4v) is 12.6. The Labute approximate surface area is 361 Å². The molecular formula is C56H50N2O2Si. The second kappa shape index (κ2) is 16.7. The first-order valence-electron chi connectivity index (χ1n) is 20.9. The van der Waals surface area contributed by atoms with Gasteiger partial charge in [0.2, 0.25) is 0 Å². The lowest BCUT2D eigenvalue weighted by molar-refractivity contribution is 0.272. The number of hydrogen-bond donors (Lipinski definition) is 0. The number of rotatable bonds is 10. The molecule has 1 heterocycles. The van der Waals surface area contributed by atoms with Crippen LogP contribution < -0.4 is 20.2 Å². The minimum Gasteiger partial charge on any atom is -0.391 e. The van der Waals surface area contributed by atoms with Gasteiger partial charge >= 0.3 is 8.56 Å². The average molecular weight is 811 g/mol. The molecule has 8 aromatic carbocycles. The van der Waals surface area contributed by atoms with Gasteiger partial charge in [-0.3, -0.25) is 0 Å². The van der Waals surface area contributed by atoms with Crippen molar-refractivity contribution in [1.82, 2.24) is 0 Å². The van der Waals surface area contributed by atoms with Crippen molar-refractivity contribution in [3.05, 3.63) is 215 Å². The zero-order valence-electron chi connectivity index (χ0n) is 35.7. The Morgan fingerprint density at radius 1 is 0.344 bits per heavy atom. The quantitative estimate of drug-likeness (QED) is 0.128. The molecule has 1 aliphatic heterocycles. The highest BCUT2D eigenvalue weighted by Gasteiger charge is 2.46. The molecule has 0 unspecified atom stereocenters. The van der Waals surface area contributed by atoms with E-state index in [0.29, 0.717) is 0 Å². The summed E-state index contributed by atoms with van der Waals surface area (Å²) in [6, 6.07) is 64.9. The first-order valence-corrected chi connectivity index (χ1v) is 22.7. The minimum absolute atomic E-state index is 1.10. The zero-order chi connectivity index (χ0) is 42.1. The SMILES string of the molecule is CO[Si]1(OC)c2cccc(-c3c(C)cc(N(c4ccccc4)c4ccccc4)cc3C)c2C=Cc2c(-c3c(C)cc(N(c4ccccc4)c4ccccc4)cc3C)cccc21. The normalized spacial score (nSPS) is 12.6. The lowest BCUT2D eigenvalue weighted by Gasteiger charge is -2.31. The number of para-hydroxylation sites is 4. The van der Waals surface area contributed by atoms with Crippen LogP contribution in [0.3, 0.4) is 0 Å². The summed E-state index contributed by atoms with van der Waals surface area (Å²) < 4.78 is 13.4. The van der Waals surface area contributed by atoms with Gasteiger partial charge in [-0.1, -0.05) is 121 Å². The van der Waals surface area contributed by atoms with E-state index >= 15 is 0 Å². The first-order chi connectivity index (χ1) is 29.8. The number of nitrogens with zero attached hydrogens (tertiary/aromatic N) is 2. The highest BCUT2D eigenvalue weighted by atomic mass is 28.4. The van der Waals surface area contributed by atoms with E-state index in [1.807, 2.05) is 14.2 Å². The third-order valence-electron chi connectivity index (χ3n) is 12.1. The van der Waals surface area contributed by atoms with E-state index < -0.39 is 8.56 Å². The maximum Gasteiger partial charge on any atom is 0.407 e. The Balaban J connectivity index is 1.18. The Morgan fingerprint density at radius 3 is 0.918 bits per heavy atom. The van der Waals surface area contributed by atoms with Crippen LogP contribution in [0.5, 0.6) is 0 Å². The van der Waals surface area contributed by atoms with Crippen molar-refractivity contribution in [2.75, 3.05) is 24.0 Å². The second-order valence-electron chi connectivity index (χ2n) is 15.8. The lowest BCUT2D eigenvalue weighted by atomic mass is 9.89. The Kier molecular flexibility index (Phi) is 10.9. The molecule has 1 aliphatic rings. The van der Waals surface area contributed by atoms with Crippen LogP contribution in [0, 0.1) is 27.7 Å². The van der Waals surface area contributed by atoms with E-state index in [0.717, 1.165) is 55.6 Å². The van der Waals surface area contributed by atoms with Gasteiger partial charge in [0.05, 0.1) is 0 Å². The van der Waals surface area contributed by atoms with Gasteiger partial charge in [0, 0.05) is 58.7 Å². The van der Waals surface area contributed by atoms with E-state index in [1.54, 1.807) is 0 Å². The molecule has 8 aromatic rings. The molecule has 0 radical (unpaired) electrons. The van der Waals surface area contributed by atoms with Crippen LogP contribution in [-0.2, 0) is 8.85 Å². The van der Waals surface area contributed by atoms with Gasteiger partial charge in [-0.05, 0) is 156 Å². The molecule has 0 spiro atoms. The highest BCUT2D eigenvalue weighted by Crippen LogP contribution is 2.43. The average Bonchev–Trinajstić information content (AvgIpc) is 3.43. The van der Waals surface area contributed by atoms with Gasteiger partial charge in [0.15, 0.2) is 0 Å². The molecule has 0 fully saturated rings. The molecule has 300 valence electrons. The molecule has 5 heteroatoms. The van der Waals surface area contributed by atoms with E-state index in [4.69, 9.17) is 8.85 Å². The summed E-state index contributed by atoms with van der Waals surface area (Å²) in [5, 5.41) is 2.20. The molecule has 0 saturated carbocycles. The molecule has 0 N–H and O–H groups in total. The van der Waals surface area contributed by atoms with Crippen molar-refractivity contribution in [1.29, 1.82) is 0 Å². The van der Waals surface area contributed by atoms with Crippen molar-refractivity contribution in [2.45, 2.75) is 27.7 Å². The molecule has 61 heavy (non-hydrogen) atoms. The lowest BCUT2D eigenvalue weighted by Crippen LogP contribution is -2.63. The molecule has 0 bridgehead atoms. The number of anilines is 6. The Hall–Kier alpha value is -6.76. The van der Waals surface area contributed by atoms with Crippen molar-refractivity contribution >= 4 is 65.2 Å². The fourth-order valence-electron chi connectivity index (χ4n) is 9.53. The Morgan fingerprint density at radius 2 is 0.639 bits per heavy atom. The van der Waals surface area contributed by atoms with Crippen LogP contribution in [0.4, 0.5) is 34.1 Å². The summed E-state index contributed by atoms with van der Waals surface area (Å²) in [6.07, 6.45) is 4.61. The fraction of sp³-hybridized carbons (Fsp3) is 0.107. The summed E-state index contributed by atoms with van der Waals surface area (Å²) in [4.78, 5) is 4.66. The van der Waals surface area contributed by atoms with E-state index in [-0.39, 0.29) is 0 Å². The predicted octanol–water partition coefficient (Wildman–Crippen LogP) is 13.5. The molecule has 0 amide bonds. The largest absolute Gasteiger partial charge is 0.407 e. The van der Waals surface area contributed by atoms with Crippen molar-refractivity contribution in [2.24, 2.45) is 0 Å². The van der Waals surface area contributed by atoms with Crippen LogP contribution in [0.15, 0.2) is 182 Å². The van der Waals surface area contributed by atoms with Gasteiger partial charge in [0.25, 0.3) is 0 Å². The maximum absolute atomic E-state index is 6.72. The number of aryl methyl sites for hydroxylation is 4.